The molecule has 6 nitrogen and oxygen atoms in total. The van der Waals surface area contributed by atoms with Crippen molar-refractivity contribution < 1.29 is 13.2 Å². The molecule has 0 N–H and O–H groups in total. The molecule has 1 unspecified atom stereocenters. The largest absolute Gasteiger partial charge is 0.379 e. The van der Waals surface area contributed by atoms with Crippen LogP contribution in [0.25, 0.3) is 0 Å². The van der Waals surface area contributed by atoms with Crippen molar-refractivity contribution in [2.75, 3.05) is 39.4 Å². The Morgan fingerprint density at radius 2 is 2.06 bits per heavy atom. The lowest BCUT2D eigenvalue weighted by Crippen LogP contribution is -2.49. The van der Waals surface area contributed by atoms with Crippen molar-refractivity contribution in [3.63, 3.8) is 0 Å². The van der Waals surface area contributed by atoms with Crippen LogP contribution in [0.2, 0.25) is 0 Å². The van der Waals surface area contributed by atoms with Gasteiger partial charge in [-0.15, -0.1) is 0 Å². The Hall–Kier alpha value is -0.680. The van der Waals surface area contributed by atoms with Crippen LogP contribution in [-0.4, -0.2) is 56.4 Å². The van der Waals surface area contributed by atoms with Crippen molar-refractivity contribution in [2.45, 2.75) is 13.8 Å². The van der Waals surface area contributed by atoms with Crippen LogP contribution >= 0.6 is 0 Å². The van der Waals surface area contributed by atoms with Crippen molar-refractivity contribution in [3.05, 3.63) is 0 Å². The molecular weight excluding hydrogens is 242 g/mol. The van der Waals surface area contributed by atoms with Gasteiger partial charge in [0.1, 0.15) is 0 Å². The summed E-state index contributed by atoms with van der Waals surface area (Å²) in [7, 11) is -3.44. The van der Waals surface area contributed by atoms with Gasteiger partial charge in [-0.25, -0.2) is 0 Å². The number of rotatable bonds is 5. The van der Waals surface area contributed by atoms with E-state index in [1.54, 1.807) is 13.8 Å². The van der Waals surface area contributed by atoms with Crippen LogP contribution in [0, 0.1) is 17.2 Å². The van der Waals surface area contributed by atoms with E-state index in [1.807, 2.05) is 0 Å². The molecule has 1 heterocycles. The molecule has 0 spiro atoms. The first-order valence-corrected chi connectivity index (χ1v) is 7.14. The second-order valence-corrected chi connectivity index (χ2v) is 5.93. The fraction of sp³-hybridized carbons (Fsp3) is 0.900. The SMILES string of the molecule is CCN(CC(C)C#N)S(=O)(=O)N1CCOCC1. The lowest BCUT2D eigenvalue weighted by molar-refractivity contribution is 0.0701. The summed E-state index contributed by atoms with van der Waals surface area (Å²) < 4.78 is 32.4. The number of ether oxygens (including phenoxy) is 1. The van der Waals surface area contributed by atoms with E-state index in [4.69, 9.17) is 10.00 Å². The first-order valence-electron chi connectivity index (χ1n) is 5.75. The van der Waals surface area contributed by atoms with E-state index < -0.39 is 10.2 Å². The van der Waals surface area contributed by atoms with Gasteiger partial charge in [-0.3, -0.25) is 0 Å². The summed E-state index contributed by atoms with van der Waals surface area (Å²) in [5.41, 5.74) is 0. The van der Waals surface area contributed by atoms with Gasteiger partial charge in [-0.2, -0.15) is 22.3 Å². The monoisotopic (exact) mass is 261 g/mol. The highest BCUT2D eigenvalue weighted by atomic mass is 32.2. The van der Waals surface area contributed by atoms with Crippen LogP contribution in [0.3, 0.4) is 0 Å². The molecule has 98 valence electrons. The van der Waals surface area contributed by atoms with Gasteiger partial charge in [0.2, 0.25) is 0 Å². The summed E-state index contributed by atoms with van der Waals surface area (Å²) in [6.07, 6.45) is 0. The van der Waals surface area contributed by atoms with E-state index in [9.17, 15) is 8.42 Å². The Morgan fingerprint density at radius 1 is 1.47 bits per heavy atom. The first kappa shape index (κ1) is 14.4. The molecule has 0 radical (unpaired) electrons. The molecule has 0 aliphatic carbocycles. The number of nitriles is 1. The van der Waals surface area contributed by atoms with Crippen molar-refractivity contribution in [1.29, 1.82) is 5.26 Å². The molecule has 0 bridgehead atoms. The minimum Gasteiger partial charge on any atom is -0.379 e. The summed E-state index contributed by atoms with van der Waals surface area (Å²) in [5, 5.41) is 8.75. The second kappa shape index (κ2) is 6.31. The van der Waals surface area contributed by atoms with Crippen molar-refractivity contribution in [1.82, 2.24) is 8.61 Å². The Balaban J connectivity index is 2.75. The van der Waals surface area contributed by atoms with Crippen molar-refractivity contribution in [2.24, 2.45) is 5.92 Å². The minimum atomic E-state index is -3.44. The lowest BCUT2D eigenvalue weighted by atomic mass is 10.2. The molecule has 17 heavy (non-hydrogen) atoms. The van der Waals surface area contributed by atoms with Gasteiger partial charge in [0.05, 0.1) is 25.2 Å². The van der Waals surface area contributed by atoms with Gasteiger partial charge in [-0.05, 0) is 6.92 Å². The van der Waals surface area contributed by atoms with Gasteiger partial charge >= 0.3 is 0 Å². The Kier molecular flexibility index (Phi) is 5.33. The standard InChI is InChI=1S/C10H19N3O3S/c1-3-12(9-10(2)8-11)17(14,15)13-4-6-16-7-5-13/h10H,3-7,9H2,1-2H3. The molecule has 0 saturated carbocycles. The van der Waals surface area contributed by atoms with Crippen LogP contribution in [0.5, 0.6) is 0 Å². The van der Waals surface area contributed by atoms with Gasteiger partial charge in [0.15, 0.2) is 0 Å². The maximum absolute atomic E-state index is 12.3. The van der Waals surface area contributed by atoms with Gasteiger partial charge < -0.3 is 4.74 Å². The minimum absolute atomic E-state index is 0.243. The number of morpholine rings is 1. The van der Waals surface area contributed by atoms with Gasteiger partial charge in [-0.1, -0.05) is 6.92 Å². The zero-order chi connectivity index (χ0) is 12.9. The zero-order valence-electron chi connectivity index (χ0n) is 10.3. The highest BCUT2D eigenvalue weighted by Gasteiger charge is 2.30. The molecular formula is C10H19N3O3S. The van der Waals surface area contributed by atoms with E-state index in [0.717, 1.165) is 0 Å². The van der Waals surface area contributed by atoms with E-state index in [-0.39, 0.29) is 12.5 Å². The van der Waals surface area contributed by atoms with Gasteiger partial charge in [0.25, 0.3) is 10.2 Å². The predicted molar refractivity (Wildman–Crippen MR) is 63.3 cm³/mol. The third kappa shape index (κ3) is 3.64. The highest BCUT2D eigenvalue weighted by Crippen LogP contribution is 2.12. The maximum atomic E-state index is 12.3. The summed E-state index contributed by atoms with van der Waals surface area (Å²) >= 11 is 0. The molecule has 1 aliphatic heterocycles. The highest BCUT2D eigenvalue weighted by molar-refractivity contribution is 7.86. The zero-order valence-corrected chi connectivity index (χ0v) is 11.1. The molecule has 0 amide bonds. The molecule has 1 fully saturated rings. The van der Waals surface area contributed by atoms with E-state index in [0.29, 0.717) is 32.8 Å². The molecule has 1 rings (SSSR count). The van der Waals surface area contributed by atoms with E-state index in [1.165, 1.54) is 8.61 Å². The fourth-order valence-electron chi connectivity index (χ4n) is 1.67. The Morgan fingerprint density at radius 3 is 2.53 bits per heavy atom. The normalized spacial score (nSPS) is 20.1. The molecule has 0 aromatic carbocycles. The molecule has 1 saturated heterocycles. The third-order valence-electron chi connectivity index (χ3n) is 2.67. The second-order valence-electron chi connectivity index (χ2n) is 4.00. The quantitative estimate of drug-likeness (QED) is 0.700. The molecule has 0 aromatic heterocycles. The molecule has 1 atom stereocenters. The summed E-state index contributed by atoms with van der Waals surface area (Å²) in [6, 6.07) is 2.06. The van der Waals surface area contributed by atoms with Crippen LogP contribution in [0.1, 0.15) is 13.8 Å². The predicted octanol–water partition coefficient (Wildman–Crippen LogP) is 0.0450. The Bertz CT molecular complexity index is 371. The number of hydrogen-bond donors (Lipinski definition) is 0. The van der Waals surface area contributed by atoms with Crippen LogP contribution in [0.15, 0.2) is 0 Å². The van der Waals surface area contributed by atoms with Crippen molar-refractivity contribution >= 4 is 10.2 Å². The fourth-order valence-corrected chi connectivity index (χ4v) is 3.35. The molecule has 7 heteroatoms. The van der Waals surface area contributed by atoms with Crippen LogP contribution < -0.4 is 0 Å². The lowest BCUT2D eigenvalue weighted by Gasteiger charge is -2.31. The molecule has 1 aliphatic rings. The number of nitrogens with zero attached hydrogens (tertiary/aromatic N) is 3. The topological polar surface area (TPSA) is 73.6 Å². The third-order valence-corrected chi connectivity index (χ3v) is 4.75. The Labute approximate surface area is 103 Å². The summed E-state index contributed by atoms with van der Waals surface area (Å²) in [6.45, 7) is 5.77. The average molecular weight is 261 g/mol. The van der Waals surface area contributed by atoms with Crippen LogP contribution in [0.4, 0.5) is 0 Å². The first-order chi connectivity index (χ1) is 8.02. The maximum Gasteiger partial charge on any atom is 0.282 e. The number of hydrogen-bond acceptors (Lipinski definition) is 4. The summed E-state index contributed by atoms with van der Waals surface area (Å²) in [5.74, 6) is -0.300. The molecule has 0 aromatic rings. The average Bonchev–Trinajstić information content (AvgIpc) is 2.36. The van der Waals surface area contributed by atoms with Crippen molar-refractivity contribution in [3.8, 4) is 6.07 Å². The summed E-state index contributed by atoms with van der Waals surface area (Å²) in [4.78, 5) is 0. The van der Waals surface area contributed by atoms with Gasteiger partial charge in [0, 0.05) is 26.2 Å². The van der Waals surface area contributed by atoms with E-state index >= 15 is 0 Å². The van der Waals surface area contributed by atoms with E-state index in [2.05, 4.69) is 6.07 Å². The smallest absolute Gasteiger partial charge is 0.282 e. The van der Waals surface area contributed by atoms with Crippen LogP contribution in [-0.2, 0) is 14.9 Å².